The molecule has 0 heterocycles. The van der Waals surface area contributed by atoms with Crippen molar-refractivity contribution in [3.63, 3.8) is 0 Å². The first-order valence-electron chi connectivity index (χ1n) is 6.57. The Bertz CT molecular complexity index is 608. The summed E-state index contributed by atoms with van der Waals surface area (Å²) in [6.07, 6.45) is 0.415. The topological polar surface area (TPSA) is 35.2 Å². The number of benzene rings is 2. The highest BCUT2D eigenvalue weighted by atomic mass is 79.9. The van der Waals surface area contributed by atoms with E-state index in [2.05, 4.69) is 15.9 Å². The van der Waals surface area contributed by atoms with Gasteiger partial charge in [-0.3, -0.25) is 0 Å². The molecule has 0 aliphatic rings. The SMILES string of the molecule is CC(N)Cc1cc(F)c(OCc2ccccc2Br)c(F)c1. The molecule has 0 saturated heterocycles. The molecule has 0 aliphatic carbocycles. The lowest BCUT2D eigenvalue weighted by Gasteiger charge is -2.12. The van der Waals surface area contributed by atoms with Crippen LogP contribution >= 0.6 is 15.9 Å². The third-order valence-electron chi connectivity index (χ3n) is 2.95. The van der Waals surface area contributed by atoms with Crippen molar-refractivity contribution in [1.82, 2.24) is 0 Å². The first kappa shape index (κ1) is 15.9. The van der Waals surface area contributed by atoms with Gasteiger partial charge in [-0.1, -0.05) is 34.1 Å². The maximum Gasteiger partial charge on any atom is 0.191 e. The summed E-state index contributed by atoms with van der Waals surface area (Å²) in [7, 11) is 0. The lowest BCUT2D eigenvalue weighted by molar-refractivity contribution is 0.273. The van der Waals surface area contributed by atoms with E-state index in [0.717, 1.165) is 10.0 Å². The molecule has 5 heteroatoms. The summed E-state index contributed by atoms with van der Waals surface area (Å²) in [4.78, 5) is 0. The summed E-state index contributed by atoms with van der Waals surface area (Å²) >= 11 is 3.36. The maximum absolute atomic E-state index is 13.9. The van der Waals surface area contributed by atoms with Crippen LogP contribution in [0.1, 0.15) is 18.1 Å². The Morgan fingerprint density at radius 2 is 1.81 bits per heavy atom. The molecule has 0 radical (unpaired) electrons. The lowest BCUT2D eigenvalue weighted by atomic mass is 10.1. The Kier molecular flexibility index (Phi) is 5.31. The monoisotopic (exact) mass is 355 g/mol. The van der Waals surface area contributed by atoms with Crippen molar-refractivity contribution < 1.29 is 13.5 Å². The first-order valence-corrected chi connectivity index (χ1v) is 7.36. The van der Waals surface area contributed by atoms with E-state index in [9.17, 15) is 8.78 Å². The first-order chi connectivity index (χ1) is 9.97. The second-order valence-electron chi connectivity index (χ2n) is 4.95. The summed E-state index contributed by atoms with van der Waals surface area (Å²) in [5.74, 6) is -1.78. The lowest BCUT2D eigenvalue weighted by Crippen LogP contribution is -2.18. The van der Waals surface area contributed by atoms with Crippen LogP contribution in [0.4, 0.5) is 8.78 Å². The number of nitrogens with two attached hydrogens (primary N) is 1. The highest BCUT2D eigenvalue weighted by Crippen LogP contribution is 2.26. The van der Waals surface area contributed by atoms with E-state index in [1.54, 1.807) is 6.92 Å². The summed E-state index contributed by atoms with van der Waals surface area (Å²) in [6, 6.07) is 9.74. The van der Waals surface area contributed by atoms with Crippen LogP contribution < -0.4 is 10.5 Å². The van der Waals surface area contributed by atoms with E-state index in [-0.39, 0.29) is 18.4 Å². The Morgan fingerprint density at radius 3 is 2.38 bits per heavy atom. The summed E-state index contributed by atoms with van der Waals surface area (Å²) in [5.41, 5.74) is 6.97. The molecule has 21 heavy (non-hydrogen) atoms. The van der Waals surface area contributed by atoms with Crippen LogP contribution in [0.5, 0.6) is 5.75 Å². The molecule has 2 nitrogen and oxygen atoms in total. The summed E-state index contributed by atoms with van der Waals surface area (Å²) < 4.78 is 34.0. The van der Waals surface area contributed by atoms with Crippen molar-refractivity contribution in [3.8, 4) is 5.75 Å². The Labute approximate surface area is 131 Å². The van der Waals surface area contributed by atoms with Gasteiger partial charge in [-0.2, -0.15) is 0 Å². The molecule has 0 aliphatic heterocycles. The number of hydrogen-bond acceptors (Lipinski definition) is 2. The Hall–Kier alpha value is -1.46. The molecule has 2 aromatic rings. The fourth-order valence-corrected chi connectivity index (χ4v) is 2.40. The van der Waals surface area contributed by atoms with Gasteiger partial charge in [0.2, 0.25) is 0 Å². The molecule has 0 bridgehead atoms. The molecule has 0 fully saturated rings. The largest absolute Gasteiger partial charge is 0.483 e. The van der Waals surface area contributed by atoms with Crippen LogP contribution in [0, 0.1) is 11.6 Å². The second kappa shape index (κ2) is 7.00. The van der Waals surface area contributed by atoms with Crippen molar-refractivity contribution in [3.05, 3.63) is 63.6 Å². The van der Waals surface area contributed by atoms with Crippen LogP contribution in [-0.4, -0.2) is 6.04 Å². The highest BCUT2D eigenvalue weighted by Gasteiger charge is 2.14. The number of ether oxygens (including phenoxy) is 1. The zero-order chi connectivity index (χ0) is 15.4. The predicted molar refractivity (Wildman–Crippen MR) is 82.2 cm³/mol. The van der Waals surface area contributed by atoms with E-state index >= 15 is 0 Å². The molecule has 0 saturated carbocycles. The fraction of sp³-hybridized carbons (Fsp3) is 0.250. The molecule has 0 spiro atoms. The maximum atomic E-state index is 13.9. The van der Waals surface area contributed by atoms with Crippen LogP contribution in [0.15, 0.2) is 40.9 Å². The standard InChI is InChI=1S/C16H16BrF2NO/c1-10(20)6-11-7-14(18)16(15(19)8-11)21-9-12-4-2-3-5-13(12)17/h2-5,7-8,10H,6,9,20H2,1H3. The molecule has 112 valence electrons. The van der Waals surface area contributed by atoms with E-state index in [1.165, 1.54) is 12.1 Å². The van der Waals surface area contributed by atoms with Crippen LogP contribution in [0.2, 0.25) is 0 Å². The van der Waals surface area contributed by atoms with Gasteiger partial charge >= 0.3 is 0 Å². The van der Waals surface area contributed by atoms with E-state index in [4.69, 9.17) is 10.5 Å². The van der Waals surface area contributed by atoms with Gasteiger partial charge in [-0.25, -0.2) is 8.78 Å². The van der Waals surface area contributed by atoms with Gasteiger partial charge in [0.25, 0.3) is 0 Å². The van der Waals surface area contributed by atoms with Crippen LogP contribution in [0.3, 0.4) is 0 Å². The minimum absolute atomic E-state index is 0.0852. The average molecular weight is 356 g/mol. The average Bonchev–Trinajstić information content (AvgIpc) is 2.39. The van der Waals surface area contributed by atoms with E-state index in [0.29, 0.717) is 12.0 Å². The van der Waals surface area contributed by atoms with Crippen molar-refractivity contribution in [2.75, 3.05) is 0 Å². The van der Waals surface area contributed by atoms with Crippen molar-refractivity contribution in [2.45, 2.75) is 26.0 Å². The Balaban J connectivity index is 2.15. The quantitative estimate of drug-likeness (QED) is 0.872. The van der Waals surface area contributed by atoms with Gasteiger partial charge in [-0.15, -0.1) is 0 Å². The molecule has 1 atom stereocenters. The minimum Gasteiger partial charge on any atom is -0.483 e. The smallest absolute Gasteiger partial charge is 0.191 e. The van der Waals surface area contributed by atoms with Crippen LogP contribution in [0.25, 0.3) is 0 Å². The predicted octanol–water partition coefficient (Wildman–Crippen LogP) is 4.20. The zero-order valence-corrected chi connectivity index (χ0v) is 13.2. The van der Waals surface area contributed by atoms with Gasteiger partial charge < -0.3 is 10.5 Å². The van der Waals surface area contributed by atoms with Crippen molar-refractivity contribution in [2.24, 2.45) is 5.73 Å². The zero-order valence-electron chi connectivity index (χ0n) is 11.6. The van der Waals surface area contributed by atoms with Crippen molar-refractivity contribution in [1.29, 1.82) is 0 Å². The Morgan fingerprint density at radius 1 is 1.19 bits per heavy atom. The molecule has 2 aromatic carbocycles. The third-order valence-corrected chi connectivity index (χ3v) is 3.72. The van der Waals surface area contributed by atoms with Gasteiger partial charge in [-0.05, 0) is 37.1 Å². The number of rotatable bonds is 5. The minimum atomic E-state index is -0.710. The van der Waals surface area contributed by atoms with Crippen LogP contribution in [-0.2, 0) is 13.0 Å². The van der Waals surface area contributed by atoms with Gasteiger partial charge in [0.05, 0.1) is 0 Å². The van der Waals surface area contributed by atoms with Crippen molar-refractivity contribution >= 4 is 15.9 Å². The van der Waals surface area contributed by atoms with Gasteiger partial charge in [0.1, 0.15) is 6.61 Å². The normalized spacial score (nSPS) is 12.2. The molecule has 1 unspecified atom stereocenters. The third kappa shape index (κ3) is 4.25. The van der Waals surface area contributed by atoms with Gasteiger partial charge in [0, 0.05) is 16.1 Å². The number of hydrogen-bond donors (Lipinski definition) is 1. The molecular formula is C16H16BrF2NO. The second-order valence-corrected chi connectivity index (χ2v) is 5.80. The molecule has 0 amide bonds. The summed E-state index contributed by atoms with van der Waals surface area (Å²) in [6.45, 7) is 1.87. The summed E-state index contributed by atoms with van der Waals surface area (Å²) in [5, 5.41) is 0. The molecular weight excluding hydrogens is 340 g/mol. The molecule has 0 aromatic heterocycles. The molecule has 2 rings (SSSR count). The van der Waals surface area contributed by atoms with E-state index in [1.807, 2.05) is 24.3 Å². The van der Waals surface area contributed by atoms with E-state index < -0.39 is 11.6 Å². The highest BCUT2D eigenvalue weighted by molar-refractivity contribution is 9.10. The molecule has 2 N–H and O–H groups in total. The number of halogens is 3. The van der Waals surface area contributed by atoms with Gasteiger partial charge in [0.15, 0.2) is 17.4 Å². The fourth-order valence-electron chi connectivity index (χ4n) is 2.01.